The Morgan fingerprint density at radius 3 is 2.41 bits per heavy atom. The van der Waals surface area contributed by atoms with Crippen LogP contribution in [0.1, 0.15) is 18.9 Å². The van der Waals surface area contributed by atoms with Gasteiger partial charge in [-0.25, -0.2) is 31.9 Å². The summed E-state index contributed by atoms with van der Waals surface area (Å²) in [5.74, 6) is -4.01. The van der Waals surface area contributed by atoms with Crippen molar-refractivity contribution in [3.8, 4) is 11.3 Å². The highest BCUT2D eigenvalue weighted by Crippen LogP contribution is 2.27. The molecule has 9 heteroatoms. The zero-order valence-electron chi connectivity index (χ0n) is 15.3. The Kier molecular flexibility index (Phi) is 6.68. The van der Waals surface area contributed by atoms with Crippen molar-refractivity contribution in [2.45, 2.75) is 19.1 Å². The van der Waals surface area contributed by atoms with Gasteiger partial charge in [-0.3, -0.25) is 0 Å². The van der Waals surface area contributed by atoms with Gasteiger partial charge in [0, 0.05) is 23.1 Å². The van der Waals surface area contributed by atoms with Crippen LogP contribution in [0, 0.1) is 29.1 Å². The maximum atomic E-state index is 14.1. The van der Waals surface area contributed by atoms with Gasteiger partial charge in [0.1, 0.15) is 17.3 Å². The second-order valence-electron chi connectivity index (χ2n) is 6.16. The summed E-state index contributed by atoms with van der Waals surface area (Å²) in [6, 6.07) is 5.13. The maximum Gasteiger partial charge on any atom is 0.227 e. The van der Waals surface area contributed by atoms with E-state index >= 15 is 0 Å². The van der Waals surface area contributed by atoms with E-state index in [1.54, 1.807) is 17.8 Å². The molecule has 0 unspecified atom stereocenters. The Bertz CT molecular complexity index is 1030. The van der Waals surface area contributed by atoms with Gasteiger partial charge in [0.25, 0.3) is 0 Å². The molecule has 1 N–H and O–H groups in total. The second-order valence-corrected chi connectivity index (χ2v) is 7.27. The molecule has 0 atom stereocenters. The lowest BCUT2D eigenvalue weighted by Gasteiger charge is -2.10. The van der Waals surface area contributed by atoms with Crippen LogP contribution in [-0.4, -0.2) is 15.7 Å². The average molecular weight is 425 g/mol. The summed E-state index contributed by atoms with van der Waals surface area (Å²) in [4.78, 5) is 7.60. The fraction of sp³-hybridized carbons (Fsp3) is 0.200. The van der Waals surface area contributed by atoms with Crippen molar-refractivity contribution in [3.63, 3.8) is 0 Å². The molecule has 152 valence electrons. The lowest BCUT2D eigenvalue weighted by Crippen LogP contribution is -2.03. The molecule has 0 aliphatic heterocycles. The minimum absolute atomic E-state index is 0.150. The summed E-state index contributed by atoms with van der Waals surface area (Å²) < 4.78 is 68.6. The van der Waals surface area contributed by atoms with Gasteiger partial charge in [0.05, 0.1) is 6.20 Å². The average Bonchev–Trinajstić information content (AvgIpc) is 2.66. The number of thioether (sulfide) groups is 1. The molecule has 0 spiro atoms. The molecule has 0 bridgehead atoms. The normalized spacial score (nSPS) is 11.0. The number of hydrogen-bond donors (Lipinski definition) is 1. The van der Waals surface area contributed by atoms with Crippen LogP contribution in [0.25, 0.3) is 11.3 Å². The van der Waals surface area contributed by atoms with Crippen molar-refractivity contribution in [1.82, 2.24) is 9.97 Å². The first kappa shape index (κ1) is 21.0. The Balaban J connectivity index is 1.90. The smallest absolute Gasteiger partial charge is 0.227 e. The molecule has 0 saturated carbocycles. The molecule has 0 radical (unpaired) electrons. The van der Waals surface area contributed by atoms with E-state index in [0.717, 1.165) is 23.9 Å². The summed E-state index contributed by atoms with van der Waals surface area (Å²) >= 11 is 1.65. The third-order valence-electron chi connectivity index (χ3n) is 3.84. The lowest BCUT2D eigenvalue weighted by atomic mass is 10.1. The van der Waals surface area contributed by atoms with Gasteiger partial charge in [-0.2, -0.15) is 11.8 Å². The zero-order valence-corrected chi connectivity index (χ0v) is 16.1. The standard InChI is InChI=1S/C20H16F5N3S/c1-2-3-29-10-11-4-12(21)6-13(5-11)27-20-26-9-18(25)19(28-20)14-7-16(23)17(24)8-15(14)22/h4-9H,2-3,10H2,1H3,(H,26,27,28). The van der Waals surface area contributed by atoms with E-state index in [2.05, 4.69) is 15.3 Å². The van der Waals surface area contributed by atoms with E-state index in [1.807, 2.05) is 6.92 Å². The van der Waals surface area contributed by atoms with Gasteiger partial charge >= 0.3 is 0 Å². The number of anilines is 2. The van der Waals surface area contributed by atoms with Crippen LogP contribution in [0.4, 0.5) is 33.6 Å². The van der Waals surface area contributed by atoms with Crippen LogP contribution in [0.3, 0.4) is 0 Å². The van der Waals surface area contributed by atoms with Gasteiger partial charge in [0.2, 0.25) is 5.95 Å². The number of nitrogens with one attached hydrogen (secondary N) is 1. The minimum atomic E-state index is -1.40. The first-order chi connectivity index (χ1) is 13.9. The molecule has 0 aliphatic carbocycles. The molecule has 3 nitrogen and oxygen atoms in total. The van der Waals surface area contributed by atoms with E-state index in [4.69, 9.17) is 0 Å². The van der Waals surface area contributed by atoms with E-state index in [1.165, 1.54) is 12.1 Å². The molecule has 0 saturated heterocycles. The molecule has 1 aromatic heterocycles. The Morgan fingerprint density at radius 1 is 0.897 bits per heavy atom. The number of nitrogens with zero attached hydrogens (tertiary/aromatic N) is 2. The molecular weight excluding hydrogens is 409 g/mol. The van der Waals surface area contributed by atoms with Crippen LogP contribution in [0.5, 0.6) is 0 Å². The monoisotopic (exact) mass is 425 g/mol. The topological polar surface area (TPSA) is 37.8 Å². The molecule has 1 heterocycles. The number of rotatable bonds is 7. The quantitative estimate of drug-likeness (QED) is 0.277. The molecule has 0 fully saturated rings. The van der Waals surface area contributed by atoms with Crippen LogP contribution in [-0.2, 0) is 5.75 Å². The van der Waals surface area contributed by atoms with Crippen molar-refractivity contribution < 1.29 is 22.0 Å². The first-order valence-corrected chi connectivity index (χ1v) is 9.84. The number of aromatic nitrogens is 2. The van der Waals surface area contributed by atoms with E-state index in [-0.39, 0.29) is 5.95 Å². The predicted molar refractivity (Wildman–Crippen MR) is 103 cm³/mol. The number of halogens is 5. The van der Waals surface area contributed by atoms with E-state index < -0.39 is 40.3 Å². The summed E-state index contributed by atoms with van der Waals surface area (Å²) in [5, 5.41) is 2.73. The largest absolute Gasteiger partial charge is 0.324 e. The van der Waals surface area contributed by atoms with Gasteiger partial charge < -0.3 is 5.32 Å². The van der Waals surface area contributed by atoms with Gasteiger partial charge in [-0.05, 0) is 42.0 Å². The third-order valence-corrected chi connectivity index (χ3v) is 5.07. The van der Waals surface area contributed by atoms with Crippen LogP contribution in [0.15, 0.2) is 36.5 Å². The summed E-state index contributed by atoms with van der Waals surface area (Å²) in [6.45, 7) is 2.05. The zero-order chi connectivity index (χ0) is 21.0. The molecule has 0 aliphatic rings. The van der Waals surface area contributed by atoms with Gasteiger partial charge in [-0.15, -0.1) is 0 Å². The van der Waals surface area contributed by atoms with Crippen molar-refractivity contribution in [2.75, 3.05) is 11.1 Å². The van der Waals surface area contributed by atoms with Crippen LogP contribution in [0.2, 0.25) is 0 Å². The Labute approximate surface area is 168 Å². The molecule has 29 heavy (non-hydrogen) atoms. The van der Waals surface area contributed by atoms with E-state index in [0.29, 0.717) is 23.6 Å². The summed E-state index contributed by atoms with van der Waals surface area (Å²) in [7, 11) is 0. The maximum absolute atomic E-state index is 14.1. The lowest BCUT2D eigenvalue weighted by molar-refractivity contribution is 0.495. The number of benzene rings is 2. The second kappa shape index (κ2) is 9.21. The molecule has 3 rings (SSSR count). The van der Waals surface area contributed by atoms with Gasteiger partial charge in [0.15, 0.2) is 17.5 Å². The van der Waals surface area contributed by atoms with Gasteiger partial charge in [-0.1, -0.05) is 6.92 Å². The van der Waals surface area contributed by atoms with E-state index in [9.17, 15) is 22.0 Å². The van der Waals surface area contributed by atoms with Crippen molar-refractivity contribution in [3.05, 3.63) is 71.2 Å². The SMILES string of the molecule is CCCSCc1cc(F)cc(Nc2ncc(F)c(-c3cc(F)c(F)cc3F)n2)c1. The fourth-order valence-corrected chi connectivity index (χ4v) is 3.43. The predicted octanol–water partition coefficient (Wildman–Crippen LogP) is 6.23. The Morgan fingerprint density at radius 2 is 1.66 bits per heavy atom. The van der Waals surface area contributed by atoms with Crippen molar-refractivity contribution in [2.24, 2.45) is 0 Å². The summed E-state index contributed by atoms with van der Waals surface area (Å²) in [5.41, 5.74) is -0.0443. The Hall–Kier alpha value is -2.68. The van der Waals surface area contributed by atoms with Crippen LogP contribution >= 0.6 is 11.8 Å². The molecular formula is C20H16F5N3S. The van der Waals surface area contributed by atoms with Crippen molar-refractivity contribution in [1.29, 1.82) is 0 Å². The molecule has 3 aromatic rings. The highest BCUT2D eigenvalue weighted by Gasteiger charge is 2.17. The minimum Gasteiger partial charge on any atom is -0.324 e. The van der Waals surface area contributed by atoms with Crippen molar-refractivity contribution >= 4 is 23.4 Å². The third kappa shape index (κ3) is 5.23. The summed E-state index contributed by atoms with van der Waals surface area (Å²) in [6.07, 6.45) is 1.76. The highest BCUT2D eigenvalue weighted by molar-refractivity contribution is 7.98. The molecule has 2 aromatic carbocycles. The first-order valence-electron chi connectivity index (χ1n) is 8.69. The highest BCUT2D eigenvalue weighted by atomic mass is 32.2. The molecule has 0 amide bonds. The van der Waals surface area contributed by atoms with Crippen LogP contribution < -0.4 is 5.32 Å². The number of hydrogen-bond acceptors (Lipinski definition) is 4. The fourth-order valence-electron chi connectivity index (χ4n) is 2.59.